The van der Waals surface area contributed by atoms with Crippen LogP contribution >= 0.6 is 0 Å². The lowest BCUT2D eigenvalue weighted by Crippen LogP contribution is -2.41. The largest absolute Gasteiger partial charge is 0.508 e. The van der Waals surface area contributed by atoms with E-state index in [-0.39, 0.29) is 0 Å². The Balaban J connectivity index is 1.70. The quantitative estimate of drug-likeness (QED) is 0.866. The van der Waals surface area contributed by atoms with Crippen LogP contribution in [0.1, 0.15) is 42.3 Å². The first-order valence-electron chi connectivity index (χ1n) is 9.26. The SMILES string of the molecule is CCCN(CCn1c(C)ccc1C)C1CCc2c(O)cccc2C1. The van der Waals surface area contributed by atoms with Crippen molar-refractivity contribution < 1.29 is 5.11 Å². The summed E-state index contributed by atoms with van der Waals surface area (Å²) in [4.78, 5) is 2.66. The van der Waals surface area contributed by atoms with Gasteiger partial charge in [-0.2, -0.15) is 0 Å². The van der Waals surface area contributed by atoms with Crippen LogP contribution in [0, 0.1) is 13.8 Å². The number of fused-ring (bicyclic) bond motifs is 1. The highest BCUT2D eigenvalue weighted by molar-refractivity contribution is 5.41. The van der Waals surface area contributed by atoms with Crippen LogP contribution in [0.2, 0.25) is 0 Å². The van der Waals surface area contributed by atoms with Gasteiger partial charge in [-0.3, -0.25) is 4.90 Å². The van der Waals surface area contributed by atoms with E-state index >= 15 is 0 Å². The van der Waals surface area contributed by atoms with Gasteiger partial charge in [0, 0.05) is 30.5 Å². The highest BCUT2D eigenvalue weighted by atomic mass is 16.3. The third-order valence-corrected chi connectivity index (χ3v) is 5.49. The maximum Gasteiger partial charge on any atom is 0.119 e. The Labute approximate surface area is 145 Å². The molecule has 1 heterocycles. The summed E-state index contributed by atoms with van der Waals surface area (Å²) in [5.74, 6) is 0.478. The van der Waals surface area contributed by atoms with Gasteiger partial charge in [-0.1, -0.05) is 19.1 Å². The number of aromatic hydroxyl groups is 1. The molecule has 24 heavy (non-hydrogen) atoms. The lowest BCUT2D eigenvalue weighted by Gasteiger charge is -2.35. The minimum atomic E-state index is 0.478. The summed E-state index contributed by atoms with van der Waals surface area (Å²) in [7, 11) is 0. The predicted octanol–water partition coefficient (Wildman–Crippen LogP) is 4.08. The molecule has 2 aromatic rings. The smallest absolute Gasteiger partial charge is 0.119 e. The van der Waals surface area contributed by atoms with Gasteiger partial charge < -0.3 is 9.67 Å². The molecule has 3 heteroatoms. The minimum absolute atomic E-state index is 0.478. The van der Waals surface area contributed by atoms with E-state index in [9.17, 15) is 5.11 Å². The average Bonchev–Trinajstić information content (AvgIpc) is 2.90. The molecule has 0 fully saturated rings. The van der Waals surface area contributed by atoms with Gasteiger partial charge in [0.05, 0.1) is 0 Å². The van der Waals surface area contributed by atoms with E-state index in [0.29, 0.717) is 11.8 Å². The molecule has 1 N–H and O–H groups in total. The van der Waals surface area contributed by atoms with Crippen LogP contribution < -0.4 is 0 Å². The Morgan fingerprint density at radius 1 is 1.12 bits per heavy atom. The third-order valence-electron chi connectivity index (χ3n) is 5.49. The molecule has 1 atom stereocenters. The van der Waals surface area contributed by atoms with E-state index in [1.807, 2.05) is 12.1 Å². The van der Waals surface area contributed by atoms with E-state index < -0.39 is 0 Å². The van der Waals surface area contributed by atoms with Gasteiger partial charge in [0.25, 0.3) is 0 Å². The summed E-state index contributed by atoms with van der Waals surface area (Å²) in [6.45, 7) is 9.96. The molecule has 3 nitrogen and oxygen atoms in total. The van der Waals surface area contributed by atoms with Crippen molar-refractivity contribution in [1.29, 1.82) is 0 Å². The highest BCUT2D eigenvalue weighted by Crippen LogP contribution is 2.30. The van der Waals surface area contributed by atoms with E-state index in [1.54, 1.807) is 0 Å². The molecule has 0 amide bonds. The predicted molar refractivity (Wildman–Crippen MR) is 99.7 cm³/mol. The molecule has 0 radical (unpaired) electrons. The minimum Gasteiger partial charge on any atom is -0.508 e. The Kier molecular flexibility index (Phi) is 5.30. The normalized spacial score (nSPS) is 17.2. The van der Waals surface area contributed by atoms with Crippen molar-refractivity contribution in [3.63, 3.8) is 0 Å². The number of rotatable bonds is 6. The number of hydrogen-bond donors (Lipinski definition) is 1. The number of phenolic OH excluding ortho intramolecular Hbond substituents is 1. The monoisotopic (exact) mass is 326 g/mol. The Morgan fingerprint density at radius 3 is 2.58 bits per heavy atom. The van der Waals surface area contributed by atoms with Gasteiger partial charge >= 0.3 is 0 Å². The van der Waals surface area contributed by atoms with Crippen LogP contribution in [-0.2, 0) is 19.4 Å². The van der Waals surface area contributed by atoms with Crippen molar-refractivity contribution in [2.75, 3.05) is 13.1 Å². The fraction of sp³-hybridized carbons (Fsp3) is 0.524. The van der Waals surface area contributed by atoms with Crippen LogP contribution in [0.3, 0.4) is 0 Å². The van der Waals surface area contributed by atoms with Crippen LogP contribution in [0.5, 0.6) is 5.75 Å². The Bertz CT molecular complexity index is 670. The summed E-state index contributed by atoms with van der Waals surface area (Å²) in [5.41, 5.74) is 5.20. The first-order chi connectivity index (χ1) is 11.6. The second kappa shape index (κ2) is 7.43. The maximum absolute atomic E-state index is 10.1. The van der Waals surface area contributed by atoms with Gasteiger partial charge in [0.1, 0.15) is 5.75 Å². The summed E-state index contributed by atoms with van der Waals surface area (Å²) < 4.78 is 2.42. The second-order valence-corrected chi connectivity index (χ2v) is 7.12. The molecule has 1 unspecified atom stereocenters. The number of aryl methyl sites for hydroxylation is 2. The molecule has 0 bridgehead atoms. The fourth-order valence-electron chi connectivity index (χ4n) is 4.12. The van der Waals surface area contributed by atoms with Crippen LogP contribution in [0.25, 0.3) is 0 Å². The number of aromatic nitrogens is 1. The number of benzene rings is 1. The highest BCUT2D eigenvalue weighted by Gasteiger charge is 2.25. The van der Waals surface area contributed by atoms with Gasteiger partial charge in [0.15, 0.2) is 0 Å². The standard InChI is InChI=1S/C21H30N2O/c1-4-12-22(13-14-23-16(2)8-9-17(23)3)19-10-11-20-18(15-19)6-5-7-21(20)24/h5-9,19,24H,4,10-15H2,1-3H3. The molecule has 0 spiro atoms. The summed E-state index contributed by atoms with van der Waals surface area (Å²) in [6.07, 6.45) is 4.39. The van der Waals surface area contributed by atoms with Crippen molar-refractivity contribution in [3.05, 3.63) is 52.8 Å². The second-order valence-electron chi connectivity index (χ2n) is 7.12. The molecule has 0 saturated heterocycles. The summed E-state index contributed by atoms with van der Waals surface area (Å²) in [5, 5.41) is 10.1. The van der Waals surface area contributed by atoms with Crippen molar-refractivity contribution in [2.24, 2.45) is 0 Å². The van der Waals surface area contributed by atoms with Crippen LogP contribution in [0.4, 0.5) is 0 Å². The molecule has 130 valence electrons. The zero-order valence-corrected chi connectivity index (χ0v) is 15.3. The molecule has 1 aromatic carbocycles. The topological polar surface area (TPSA) is 28.4 Å². The van der Waals surface area contributed by atoms with Gasteiger partial charge in [-0.15, -0.1) is 0 Å². The van der Waals surface area contributed by atoms with Crippen molar-refractivity contribution in [2.45, 2.75) is 59.0 Å². The molecule has 1 aromatic heterocycles. The zero-order chi connectivity index (χ0) is 17.1. The Morgan fingerprint density at radius 2 is 1.88 bits per heavy atom. The molecule has 3 rings (SSSR count). The molecular weight excluding hydrogens is 296 g/mol. The van der Waals surface area contributed by atoms with E-state index in [0.717, 1.165) is 38.9 Å². The van der Waals surface area contributed by atoms with Crippen molar-refractivity contribution in [3.8, 4) is 5.75 Å². The first-order valence-corrected chi connectivity index (χ1v) is 9.26. The lowest BCUT2D eigenvalue weighted by molar-refractivity contribution is 0.172. The number of phenols is 1. The lowest BCUT2D eigenvalue weighted by atomic mass is 9.87. The Hall–Kier alpha value is -1.74. The fourth-order valence-corrected chi connectivity index (χ4v) is 4.12. The van der Waals surface area contributed by atoms with Crippen molar-refractivity contribution >= 4 is 0 Å². The van der Waals surface area contributed by atoms with Crippen LogP contribution in [0.15, 0.2) is 30.3 Å². The molecule has 1 aliphatic rings. The maximum atomic E-state index is 10.1. The van der Waals surface area contributed by atoms with Crippen molar-refractivity contribution in [1.82, 2.24) is 9.47 Å². The molecular formula is C21H30N2O. The van der Waals surface area contributed by atoms with Gasteiger partial charge in [-0.25, -0.2) is 0 Å². The first kappa shape index (κ1) is 17.1. The zero-order valence-electron chi connectivity index (χ0n) is 15.3. The van der Waals surface area contributed by atoms with Gasteiger partial charge in [0.2, 0.25) is 0 Å². The van der Waals surface area contributed by atoms with Crippen LogP contribution in [-0.4, -0.2) is 33.7 Å². The molecule has 0 saturated carbocycles. The van der Waals surface area contributed by atoms with E-state index in [1.165, 1.54) is 28.9 Å². The average molecular weight is 326 g/mol. The van der Waals surface area contributed by atoms with E-state index in [2.05, 4.69) is 48.4 Å². The third kappa shape index (κ3) is 3.51. The summed E-state index contributed by atoms with van der Waals surface area (Å²) in [6, 6.07) is 11.0. The van der Waals surface area contributed by atoms with Gasteiger partial charge in [-0.05, 0) is 75.4 Å². The molecule has 0 aliphatic heterocycles. The summed E-state index contributed by atoms with van der Waals surface area (Å²) >= 11 is 0. The van der Waals surface area contributed by atoms with E-state index in [4.69, 9.17) is 0 Å². The molecule has 1 aliphatic carbocycles. The number of nitrogens with zero attached hydrogens (tertiary/aromatic N) is 2. The number of hydrogen-bond acceptors (Lipinski definition) is 2.